The monoisotopic (exact) mass is 536 g/mol. The lowest BCUT2D eigenvalue weighted by Crippen LogP contribution is -2.38. The number of fused-ring (bicyclic) bond motifs is 1. The molecule has 4 rings (SSSR count). The number of nitrogens with zero attached hydrogens (tertiary/aromatic N) is 1. The van der Waals surface area contributed by atoms with Gasteiger partial charge in [0, 0.05) is 21.8 Å². The molecule has 184 valence electrons. The van der Waals surface area contributed by atoms with Gasteiger partial charge in [0.25, 0.3) is 10.0 Å². The van der Waals surface area contributed by atoms with Crippen LogP contribution in [-0.4, -0.2) is 41.2 Å². The van der Waals surface area contributed by atoms with Crippen molar-refractivity contribution in [2.75, 3.05) is 36.5 Å². The van der Waals surface area contributed by atoms with Crippen LogP contribution >= 0.6 is 23.2 Å². The molecule has 1 aliphatic rings. The lowest BCUT2D eigenvalue weighted by Gasteiger charge is -2.25. The number of sulfonamides is 1. The van der Waals surface area contributed by atoms with Gasteiger partial charge in [-0.05, 0) is 55.0 Å². The van der Waals surface area contributed by atoms with E-state index in [1.54, 1.807) is 37.3 Å². The Hall–Kier alpha value is -3.14. The molecule has 8 nitrogen and oxygen atoms in total. The van der Waals surface area contributed by atoms with E-state index in [0.29, 0.717) is 36.0 Å². The minimum absolute atomic E-state index is 0.0942. The predicted octanol–water partition coefficient (Wildman–Crippen LogP) is 4.92. The Morgan fingerprint density at radius 1 is 1.00 bits per heavy atom. The van der Waals surface area contributed by atoms with Crippen molar-refractivity contribution in [1.82, 2.24) is 0 Å². The first kappa shape index (κ1) is 25.0. The second kappa shape index (κ2) is 10.2. The lowest BCUT2D eigenvalue weighted by atomic mass is 10.2. The first-order valence-corrected chi connectivity index (χ1v) is 12.7. The van der Waals surface area contributed by atoms with Crippen molar-refractivity contribution in [3.8, 4) is 17.2 Å². The molecule has 35 heavy (non-hydrogen) atoms. The van der Waals surface area contributed by atoms with Crippen molar-refractivity contribution in [2.24, 2.45) is 0 Å². The fourth-order valence-electron chi connectivity index (χ4n) is 3.55. The predicted molar refractivity (Wildman–Crippen MR) is 135 cm³/mol. The fourth-order valence-corrected chi connectivity index (χ4v) is 5.72. The number of aryl methyl sites for hydroxylation is 1. The van der Waals surface area contributed by atoms with E-state index >= 15 is 0 Å². The van der Waals surface area contributed by atoms with E-state index in [1.807, 2.05) is 0 Å². The molecule has 0 radical (unpaired) electrons. The number of methoxy groups -OCH3 is 1. The Bertz CT molecular complexity index is 1360. The molecule has 0 unspecified atom stereocenters. The number of carbonyl (C=O) groups is 1. The molecule has 3 aromatic rings. The molecule has 0 saturated carbocycles. The number of benzene rings is 3. The van der Waals surface area contributed by atoms with Crippen molar-refractivity contribution in [1.29, 1.82) is 0 Å². The summed E-state index contributed by atoms with van der Waals surface area (Å²) in [6, 6.07) is 14.0. The molecular weight excluding hydrogens is 515 g/mol. The van der Waals surface area contributed by atoms with Crippen LogP contribution < -0.4 is 23.8 Å². The van der Waals surface area contributed by atoms with Gasteiger partial charge in [-0.15, -0.1) is 0 Å². The molecule has 0 aromatic heterocycles. The van der Waals surface area contributed by atoms with Gasteiger partial charge in [-0.2, -0.15) is 0 Å². The van der Waals surface area contributed by atoms with Crippen LogP contribution in [0.15, 0.2) is 59.5 Å². The second-order valence-electron chi connectivity index (χ2n) is 7.70. The second-order valence-corrected chi connectivity index (χ2v) is 10.4. The minimum atomic E-state index is -4.27. The minimum Gasteiger partial charge on any atom is -0.495 e. The van der Waals surface area contributed by atoms with E-state index in [0.717, 1.165) is 4.31 Å². The third-order valence-electron chi connectivity index (χ3n) is 5.14. The smallest absolute Gasteiger partial charge is 0.268 e. The number of amides is 1. The highest BCUT2D eigenvalue weighted by Crippen LogP contribution is 2.35. The highest BCUT2D eigenvalue weighted by molar-refractivity contribution is 7.93. The summed E-state index contributed by atoms with van der Waals surface area (Å²) in [4.78, 5) is 13.0. The van der Waals surface area contributed by atoms with Crippen molar-refractivity contribution in [3.63, 3.8) is 0 Å². The summed E-state index contributed by atoms with van der Waals surface area (Å²) < 4.78 is 44.9. The third kappa shape index (κ3) is 5.58. The Labute approximate surface area is 213 Å². The standard InChI is InChI=1S/C24H22Cl2N2O6S/c1-15-3-5-21(32-2)23(9-15)35(30,31)28(19-11-16(25)10-17(26)12-19)14-24(29)27-18-4-6-20-22(13-18)34-8-7-33-20/h3-6,9-13H,7-8,14H2,1-2H3,(H,27,29). The zero-order valence-corrected chi connectivity index (χ0v) is 21.2. The molecule has 1 heterocycles. The van der Waals surface area contributed by atoms with Gasteiger partial charge in [0.1, 0.15) is 30.4 Å². The van der Waals surface area contributed by atoms with E-state index < -0.39 is 22.5 Å². The molecule has 0 aliphatic carbocycles. The molecule has 1 amide bonds. The van der Waals surface area contributed by atoms with Gasteiger partial charge in [0.05, 0.1) is 12.8 Å². The van der Waals surface area contributed by atoms with Crippen molar-refractivity contribution >= 4 is 50.5 Å². The molecule has 0 bridgehead atoms. The molecule has 11 heteroatoms. The number of halogens is 2. The van der Waals surface area contributed by atoms with E-state index in [9.17, 15) is 13.2 Å². The number of hydrogen-bond donors (Lipinski definition) is 1. The maximum Gasteiger partial charge on any atom is 0.268 e. The average molecular weight is 537 g/mol. The number of anilines is 2. The maximum atomic E-state index is 13.8. The molecule has 0 atom stereocenters. The third-order valence-corrected chi connectivity index (χ3v) is 7.37. The number of carbonyl (C=O) groups excluding carboxylic acids is 1. The van der Waals surface area contributed by atoms with Crippen LogP contribution in [-0.2, 0) is 14.8 Å². The molecule has 1 N–H and O–H groups in total. The van der Waals surface area contributed by atoms with Crippen LogP contribution in [0, 0.1) is 6.92 Å². The summed E-state index contributed by atoms with van der Waals surface area (Å²) in [5, 5.41) is 3.14. The van der Waals surface area contributed by atoms with Crippen molar-refractivity contribution in [2.45, 2.75) is 11.8 Å². The first-order valence-electron chi connectivity index (χ1n) is 10.5. The molecule has 0 fully saturated rings. The number of rotatable bonds is 7. The van der Waals surface area contributed by atoms with E-state index in [-0.39, 0.29) is 26.4 Å². The highest BCUT2D eigenvalue weighted by Gasteiger charge is 2.31. The summed E-state index contributed by atoms with van der Waals surface area (Å²) in [5.74, 6) is 0.608. The summed E-state index contributed by atoms with van der Waals surface area (Å²) in [6.07, 6.45) is 0. The molecule has 1 aliphatic heterocycles. The van der Waals surface area contributed by atoms with Crippen molar-refractivity contribution < 1.29 is 27.4 Å². The van der Waals surface area contributed by atoms with E-state index in [2.05, 4.69) is 5.32 Å². The number of nitrogens with one attached hydrogen (secondary N) is 1. The molecular formula is C24H22Cl2N2O6S. The number of ether oxygens (including phenoxy) is 3. The van der Waals surface area contributed by atoms with Crippen LogP contribution in [0.1, 0.15) is 5.56 Å². The maximum absolute atomic E-state index is 13.8. The van der Waals surface area contributed by atoms with Gasteiger partial charge in [0.2, 0.25) is 5.91 Å². The SMILES string of the molecule is COc1ccc(C)cc1S(=O)(=O)N(CC(=O)Nc1ccc2c(c1)OCCO2)c1cc(Cl)cc(Cl)c1. The van der Waals surface area contributed by atoms with Crippen LogP contribution in [0.5, 0.6) is 17.2 Å². The Balaban J connectivity index is 1.70. The quantitative estimate of drug-likeness (QED) is 0.460. The van der Waals surface area contributed by atoms with Crippen LogP contribution in [0.3, 0.4) is 0 Å². The zero-order chi connectivity index (χ0) is 25.2. The molecule has 0 spiro atoms. The summed E-state index contributed by atoms with van der Waals surface area (Å²) >= 11 is 12.3. The molecule has 3 aromatic carbocycles. The topological polar surface area (TPSA) is 94.2 Å². The van der Waals surface area contributed by atoms with Crippen LogP contribution in [0.4, 0.5) is 11.4 Å². The first-order chi connectivity index (χ1) is 16.7. The van der Waals surface area contributed by atoms with Gasteiger partial charge in [-0.3, -0.25) is 9.10 Å². The van der Waals surface area contributed by atoms with Gasteiger partial charge < -0.3 is 19.5 Å². The highest BCUT2D eigenvalue weighted by atomic mass is 35.5. The summed E-state index contributed by atoms with van der Waals surface area (Å²) in [5.41, 5.74) is 1.26. The average Bonchev–Trinajstić information content (AvgIpc) is 2.81. The molecule has 0 saturated heterocycles. The Morgan fingerprint density at radius 3 is 2.37 bits per heavy atom. The largest absolute Gasteiger partial charge is 0.495 e. The normalized spacial score (nSPS) is 12.7. The van der Waals surface area contributed by atoms with Gasteiger partial charge in [0.15, 0.2) is 11.5 Å². The fraction of sp³-hybridized carbons (Fsp3) is 0.208. The van der Waals surface area contributed by atoms with Crippen LogP contribution in [0.25, 0.3) is 0 Å². The van der Waals surface area contributed by atoms with Gasteiger partial charge >= 0.3 is 0 Å². The van der Waals surface area contributed by atoms with Crippen LogP contribution in [0.2, 0.25) is 10.0 Å². The Kier molecular flexibility index (Phi) is 7.30. The van der Waals surface area contributed by atoms with Crippen molar-refractivity contribution in [3.05, 3.63) is 70.2 Å². The lowest BCUT2D eigenvalue weighted by molar-refractivity contribution is -0.114. The summed E-state index contributed by atoms with van der Waals surface area (Å²) in [6.45, 7) is 2.04. The van der Waals surface area contributed by atoms with Gasteiger partial charge in [-0.25, -0.2) is 8.42 Å². The van der Waals surface area contributed by atoms with E-state index in [1.165, 1.54) is 31.4 Å². The summed E-state index contributed by atoms with van der Waals surface area (Å²) in [7, 11) is -2.90. The van der Waals surface area contributed by atoms with E-state index in [4.69, 9.17) is 37.4 Å². The number of hydrogen-bond acceptors (Lipinski definition) is 6. The zero-order valence-electron chi connectivity index (χ0n) is 18.9. The van der Waals surface area contributed by atoms with Gasteiger partial charge in [-0.1, -0.05) is 29.3 Å². The Morgan fingerprint density at radius 2 is 1.69 bits per heavy atom.